The van der Waals surface area contributed by atoms with Gasteiger partial charge in [0.25, 0.3) is 5.69 Å². The number of ether oxygens (including phenoxy) is 3. The lowest BCUT2D eigenvalue weighted by Crippen LogP contribution is -2.08. The van der Waals surface area contributed by atoms with Crippen LogP contribution in [0.25, 0.3) is 5.57 Å². The Morgan fingerprint density at radius 2 is 1.96 bits per heavy atom. The minimum atomic E-state index is -0.850. The van der Waals surface area contributed by atoms with Crippen molar-refractivity contribution in [3.63, 3.8) is 0 Å². The largest absolute Gasteiger partial charge is 0.503 e. The number of rotatable bonds is 7. The Balaban J connectivity index is 2.27. The van der Waals surface area contributed by atoms with Crippen molar-refractivity contribution in [2.75, 3.05) is 14.2 Å². The van der Waals surface area contributed by atoms with Gasteiger partial charge >= 0.3 is 5.97 Å². The number of carbonyl (C=O) groups is 1. The van der Waals surface area contributed by atoms with E-state index in [1.807, 2.05) is 0 Å². The maximum absolute atomic E-state index is 13.9. The fourth-order valence-electron chi connectivity index (χ4n) is 2.23. The average molecular weight is 361 g/mol. The van der Waals surface area contributed by atoms with Gasteiger partial charge in [-0.05, 0) is 17.2 Å². The number of carbonyl (C=O) groups excluding carboxylic acids is 1. The molecule has 2 aromatic carbocycles. The second kappa shape index (κ2) is 8.61. The molecule has 26 heavy (non-hydrogen) atoms. The molecule has 0 saturated heterocycles. The highest BCUT2D eigenvalue weighted by Gasteiger charge is 2.18. The van der Waals surface area contributed by atoms with Crippen LogP contribution < -0.4 is 4.74 Å². The molecule has 136 valence electrons. The predicted octanol–water partition coefficient (Wildman–Crippen LogP) is 3.47. The number of non-ortho nitro benzene ring substituents is 1. The summed E-state index contributed by atoms with van der Waals surface area (Å²) in [5.41, 5.74) is 0.895. The molecule has 0 radical (unpaired) electrons. The van der Waals surface area contributed by atoms with Crippen molar-refractivity contribution in [3.8, 4) is 5.75 Å². The fraction of sp³-hybridized carbons (Fsp3) is 0.167. The molecule has 0 spiro atoms. The average Bonchev–Trinajstić information content (AvgIpc) is 2.64. The van der Waals surface area contributed by atoms with Crippen LogP contribution in [0.1, 0.15) is 11.1 Å². The third-order valence-electron chi connectivity index (χ3n) is 3.46. The van der Waals surface area contributed by atoms with Crippen LogP contribution in [0, 0.1) is 15.9 Å². The molecule has 0 unspecified atom stereocenters. The number of nitro benzene ring substituents is 1. The zero-order valence-electron chi connectivity index (χ0n) is 14.1. The number of methoxy groups -OCH3 is 2. The zero-order valence-corrected chi connectivity index (χ0v) is 14.1. The molecule has 7 nitrogen and oxygen atoms in total. The molecule has 0 aliphatic rings. The van der Waals surface area contributed by atoms with Crippen molar-refractivity contribution in [1.29, 1.82) is 0 Å². The molecule has 0 aliphatic heterocycles. The highest BCUT2D eigenvalue weighted by molar-refractivity contribution is 6.16. The van der Waals surface area contributed by atoms with Crippen LogP contribution in [0.4, 0.5) is 10.1 Å². The molecule has 8 heteroatoms. The van der Waals surface area contributed by atoms with Crippen LogP contribution in [-0.2, 0) is 20.9 Å². The Bertz CT molecular complexity index is 849. The van der Waals surface area contributed by atoms with Gasteiger partial charge < -0.3 is 14.2 Å². The lowest BCUT2D eigenvalue weighted by molar-refractivity contribution is -0.385. The van der Waals surface area contributed by atoms with Crippen LogP contribution in [0.15, 0.2) is 48.7 Å². The van der Waals surface area contributed by atoms with Crippen LogP contribution in [-0.4, -0.2) is 25.1 Å². The van der Waals surface area contributed by atoms with Crippen molar-refractivity contribution >= 4 is 17.2 Å². The van der Waals surface area contributed by atoms with Gasteiger partial charge in [-0.3, -0.25) is 10.1 Å². The van der Waals surface area contributed by atoms with E-state index in [4.69, 9.17) is 14.2 Å². The van der Waals surface area contributed by atoms with Gasteiger partial charge in [-0.15, -0.1) is 0 Å². The molecule has 2 aromatic rings. The summed E-state index contributed by atoms with van der Waals surface area (Å²) in [6, 6.07) is 9.94. The predicted molar refractivity (Wildman–Crippen MR) is 90.8 cm³/mol. The van der Waals surface area contributed by atoms with Crippen LogP contribution >= 0.6 is 0 Å². The molecule has 0 aromatic heterocycles. The van der Waals surface area contributed by atoms with E-state index in [-0.39, 0.29) is 23.6 Å². The summed E-state index contributed by atoms with van der Waals surface area (Å²) in [6.07, 6.45) is 1.25. The topological polar surface area (TPSA) is 87.9 Å². The Labute approximate surface area is 148 Å². The Hall–Kier alpha value is -3.42. The fourth-order valence-corrected chi connectivity index (χ4v) is 2.23. The summed E-state index contributed by atoms with van der Waals surface area (Å²) in [5, 5.41) is 10.7. The Morgan fingerprint density at radius 1 is 1.23 bits per heavy atom. The molecular weight excluding hydrogens is 345 g/mol. The van der Waals surface area contributed by atoms with Gasteiger partial charge in [0.2, 0.25) is 0 Å². The molecule has 0 fully saturated rings. The summed E-state index contributed by atoms with van der Waals surface area (Å²) >= 11 is 0. The molecule has 0 N–H and O–H groups in total. The molecule has 0 heterocycles. The number of nitro groups is 1. The molecule has 0 atom stereocenters. The third-order valence-corrected chi connectivity index (χ3v) is 3.46. The van der Waals surface area contributed by atoms with Crippen molar-refractivity contribution in [2.24, 2.45) is 0 Å². The van der Waals surface area contributed by atoms with E-state index in [0.29, 0.717) is 11.1 Å². The third kappa shape index (κ3) is 4.35. The number of benzene rings is 2. The first-order valence-electron chi connectivity index (χ1n) is 7.44. The number of nitrogens with zero attached hydrogens (tertiary/aromatic N) is 1. The van der Waals surface area contributed by atoms with Gasteiger partial charge in [-0.1, -0.05) is 24.3 Å². The van der Waals surface area contributed by atoms with Crippen molar-refractivity contribution in [3.05, 3.63) is 75.8 Å². The maximum Gasteiger partial charge on any atom is 0.341 e. The number of esters is 1. The van der Waals surface area contributed by atoms with Gasteiger partial charge in [0.15, 0.2) is 11.6 Å². The first-order chi connectivity index (χ1) is 12.5. The monoisotopic (exact) mass is 361 g/mol. The van der Waals surface area contributed by atoms with Crippen molar-refractivity contribution in [2.45, 2.75) is 6.61 Å². The Kier molecular flexibility index (Phi) is 6.26. The molecule has 0 bridgehead atoms. The van der Waals surface area contributed by atoms with E-state index >= 15 is 0 Å². The van der Waals surface area contributed by atoms with E-state index in [1.54, 1.807) is 24.3 Å². The van der Waals surface area contributed by atoms with E-state index < -0.39 is 16.7 Å². The Morgan fingerprint density at radius 3 is 2.58 bits per heavy atom. The summed E-state index contributed by atoms with van der Waals surface area (Å²) in [4.78, 5) is 21.9. The van der Waals surface area contributed by atoms with Gasteiger partial charge in [0, 0.05) is 6.07 Å². The highest BCUT2D eigenvalue weighted by atomic mass is 19.1. The second-order valence-corrected chi connectivity index (χ2v) is 5.08. The number of hydrogen-bond acceptors (Lipinski definition) is 6. The van der Waals surface area contributed by atoms with Gasteiger partial charge in [0.05, 0.1) is 31.5 Å². The highest BCUT2D eigenvalue weighted by Crippen LogP contribution is 2.26. The lowest BCUT2D eigenvalue weighted by Gasteiger charge is -2.13. The lowest BCUT2D eigenvalue weighted by atomic mass is 10.0. The van der Waals surface area contributed by atoms with Gasteiger partial charge in [0.1, 0.15) is 12.2 Å². The zero-order chi connectivity index (χ0) is 19.1. The number of hydrogen-bond donors (Lipinski definition) is 0. The molecule has 0 amide bonds. The molecule has 0 aliphatic carbocycles. The summed E-state index contributed by atoms with van der Waals surface area (Å²) in [5.74, 6) is -1.58. The van der Waals surface area contributed by atoms with Crippen LogP contribution in [0.2, 0.25) is 0 Å². The van der Waals surface area contributed by atoms with Gasteiger partial charge in [-0.2, -0.15) is 0 Å². The standard InChI is InChI=1S/C18H16FNO6/c1-24-11-15(18(21)25-2)14-6-4-3-5-12(14)10-26-17-8-7-13(20(22)23)9-16(17)19/h3-9,11H,10H2,1-2H3. The second-order valence-electron chi connectivity index (χ2n) is 5.08. The van der Waals surface area contributed by atoms with Crippen LogP contribution in [0.5, 0.6) is 5.75 Å². The number of halogens is 1. The van der Waals surface area contributed by atoms with Crippen LogP contribution in [0.3, 0.4) is 0 Å². The van der Waals surface area contributed by atoms with E-state index in [0.717, 1.165) is 12.1 Å². The van der Waals surface area contributed by atoms with Crippen molar-refractivity contribution in [1.82, 2.24) is 0 Å². The van der Waals surface area contributed by atoms with E-state index in [2.05, 4.69) is 0 Å². The maximum atomic E-state index is 13.9. The van der Waals surface area contributed by atoms with E-state index in [1.165, 1.54) is 26.5 Å². The van der Waals surface area contributed by atoms with Crippen molar-refractivity contribution < 1.29 is 28.3 Å². The molecule has 0 saturated carbocycles. The summed E-state index contributed by atoms with van der Waals surface area (Å²) in [7, 11) is 2.64. The summed E-state index contributed by atoms with van der Waals surface area (Å²) in [6.45, 7) is -0.0665. The summed E-state index contributed by atoms with van der Waals surface area (Å²) < 4.78 is 29.0. The van der Waals surface area contributed by atoms with E-state index in [9.17, 15) is 19.3 Å². The molecule has 2 rings (SSSR count). The minimum absolute atomic E-state index is 0.0665. The first-order valence-corrected chi connectivity index (χ1v) is 7.44. The quantitative estimate of drug-likeness (QED) is 0.247. The SMILES string of the molecule is COC=C(C(=O)OC)c1ccccc1COc1ccc([N+](=O)[O-])cc1F. The minimum Gasteiger partial charge on any atom is -0.503 e. The first kappa shape index (κ1) is 18.9. The smallest absolute Gasteiger partial charge is 0.341 e. The van der Waals surface area contributed by atoms with Gasteiger partial charge in [-0.25, -0.2) is 9.18 Å². The molecular formula is C18H16FNO6. The normalized spacial score (nSPS) is 11.0.